The number of sulfonamides is 1. The highest BCUT2D eigenvalue weighted by molar-refractivity contribution is 8.00. The number of thioether (sulfide) groups is 1. The van der Waals surface area contributed by atoms with Gasteiger partial charge in [0, 0.05) is 29.4 Å². The van der Waals surface area contributed by atoms with E-state index in [9.17, 15) is 8.42 Å². The molecule has 1 rings (SSSR count). The lowest BCUT2D eigenvalue weighted by atomic mass is 10.3. The van der Waals surface area contributed by atoms with Gasteiger partial charge < -0.3 is 5.73 Å². The van der Waals surface area contributed by atoms with Gasteiger partial charge in [0.2, 0.25) is 10.0 Å². The van der Waals surface area contributed by atoms with E-state index >= 15 is 0 Å². The van der Waals surface area contributed by atoms with Crippen molar-refractivity contribution < 1.29 is 8.42 Å². The van der Waals surface area contributed by atoms with Crippen LogP contribution in [0, 0.1) is 0 Å². The summed E-state index contributed by atoms with van der Waals surface area (Å²) < 4.78 is 26.0. The zero-order valence-electron chi connectivity index (χ0n) is 12.2. The third-order valence-corrected chi connectivity index (χ3v) is 6.22. The van der Waals surface area contributed by atoms with E-state index in [4.69, 9.17) is 5.73 Å². The Labute approximate surface area is 126 Å². The van der Waals surface area contributed by atoms with Gasteiger partial charge in [-0.05, 0) is 30.7 Å². The summed E-state index contributed by atoms with van der Waals surface area (Å²) in [5, 5.41) is 0. The number of rotatable bonds is 9. The van der Waals surface area contributed by atoms with Gasteiger partial charge in [0.1, 0.15) is 0 Å². The molecule has 1 aromatic carbocycles. The molecule has 0 amide bonds. The molecule has 0 aliphatic rings. The number of nitrogens with zero attached hydrogens (tertiary/aromatic N) is 1. The zero-order chi connectivity index (χ0) is 15.0. The molecule has 0 spiro atoms. The van der Waals surface area contributed by atoms with E-state index in [1.807, 2.05) is 31.2 Å². The Hall–Kier alpha value is -0.720. The number of nitrogen functional groups attached to an aromatic ring is 1. The summed E-state index contributed by atoms with van der Waals surface area (Å²) in [5.41, 5.74) is 6.34. The Kier molecular flexibility index (Phi) is 7.40. The number of benzene rings is 1. The van der Waals surface area contributed by atoms with E-state index in [-0.39, 0.29) is 5.75 Å². The first-order chi connectivity index (χ1) is 9.49. The van der Waals surface area contributed by atoms with Gasteiger partial charge in [0.25, 0.3) is 0 Å². The molecule has 0 aliphatic carbocycles. The first kappa shape index (κ1) is 17.3. The van der Waals surface area contributed by atoms with Gasteiger partial charge in [0.05, 0.1) is 5.75 Å². The summed E-state index contributed by atoms with van der Waals surface area (Å²) in [5.74, 6) is 0.745. The highest BCUT2D eigenvalue weighted by Gasteiger charge is 2.19. The maximum atomic E-state index is 12.2. The molecule has 2 N–H and O–H groups in total. The minimum Gasteiger partial charge on any atom is -0.399 e. The third-order valence-electron chi connectivity index (χ3n) is 3.00. The van der Waals surface area contributed by atoms with Gasteiger partial charge in [-0.15, -0.1) is 11.8 Å². The predicted molar refractivity (Wildman–Crippen MR) is 87.5 cm³/mol. The number of hydrogen-bond acceptors (Lipinski definition) is 4. The molecule has 0 atom stereocenters. The maximum absolute atomic E-state index is 12.2. The van der Waals surface area contributed by atoms with E-state index < -0.39 is 10.0 Å². The summed E-state index contributed by atoms with van der Waals surface area (Å²) in [6, 6.07) is 7.50. The summed E-state index contributed by atoms with van der Waals surface area (Å²) in [7, 11) is -3.14. The first-order valence-electron chi connectivity index (χ1n) is 6.95. The second-order valence-corrected chi connectivity index (χ2v) is 7.84. The SMILES string of the molecule is CCCCN(CC)S(=O)(=O)CCSc1ccc(N)cc1. The number of anilines is 1. The second kappa shape index (κ2) is 8.54. The molecule has 0 radical (unpaired) electrons. The zero-order valence-corrected chi connectivity index (χ0v) is 13.8. The molecule has 4 nitrogen and oxygen atoms in total. The molecule has 1 aromatic rings. The normalized spacial score (nSPS) is 11.9. The summed E-state index contributed by atoms with van der Waals surface area (Å²) in [6.45, 7) is 5.13. The fraction of sp³-hybridized carbons (Fsp3) is 0.571. The van der Waals surface area contributed by atoms with Crippen molar-refractivity contribution in [2.45, 2.75) is 31.6 Å². The third kappa shape index (κ3) is 5.73. The van der Waals surface area contributed by atoms with Gasteiger partial charge in [0.15, 0.2) is 0 Å². The molecule has 0 bridgehead atoms. The molecule has 0 fully saturated rings. The van der Waals surface area contributed by atoms with Crippen LogP contribution in [0.3, 0.4) is 0 Å². The molecule has 6 heteroatoms. The maximum Gasteiger partial charge on any atom is 0.214 e. The highest BCUT2D eigenvalue weighted by atomic mass is 32.2. The molecule has 0 unspecified atom stereocenters. The Morgan fingerprint density at radius 2 is 1.85 bits per heavy atom. The summed E-state index contributed by atoms with van der Waals surface area (Å²) in [4.78, 5) is 1.05. The van der Waals surface area contributed by atoms with Crippen molar-refractivity contribution in [3.8, 4) is 0 Å². The average molecular weight is 316 g/mol. The Balaban J connectivity index is 2.47. The van der Waals surface area contributed by atoms with Crippen LogP contribution in [0.4, 0.5) is 5.69 Å². The van der Waals surface area contributed by atoms with Crippen molar-refractivity contribution in [3.05, 3.63) is 24.3 Å². The predicted octanol–water partition coefficient (Wildman–Crippen LogP) is 2.81. The highest BCUT2D eigenvalue weighted by Crippen LogP contribution is 2.20. The van der Waals surface area contributed by atoms with Crippen molar-refractivity contribution in [2.75, 3.05) is 30.3 Å². The lowest BCUT2D eigenvalue weighted by Crippen LogP contribution is -2.34. The molecular formula is C14H24N2O2S2. The molecule has 0 heterocycles. The lowest BCUT2D eigenvalue weighted by Gasteiger charge is -2.20. The van der Waals surface area contributed by atoms with Crippen LogP contribution in [-0.2, 0) is 10.0 Å². The minimum absolute atomic E-state index is 0.180. The van der Waals surface area contributed by atoms with Gasteiger partial charge in [-0.3, -0.25) is 0 Å². The molecule has 0 aromatic heterocycles. The van der Waals surface area contributed by atoms with Crippen molar-refractivity contribution in [3.63, 3.8) is 0 Å². The Morgan fingerprint density at radius 3 is 2.40 bits per heavy atom. The van der Waals surface area contributed by atoms with Gasteiger partial charge in [-0.1, -0.05) is 20.3 Å². The monoisotopic (exact) mass is 316 g/mol. The van der Waals surface area contributed by atoms with Crippen molar-refractivity contribution in [1.82, 2.24) is 4.31 Å². The Morgan fingerprint density at radius 1 is 1.20 bits per heavy atom. The quantitative estimate of drug-likeness (QED) is 0.562. The van der Waals surface area contributed by atoms with Gasteiger partial charge in [-0.25, -0.2) is 12.7 Å². The molecular weight excluding hydrogens is 292 g/mol. The smallest absolute Gasteiger partial charge is 0.214 e. The minimum atomic E-state index is -3.14. The largest absolute Gasteiger partial charge is 0.399 e. The standard InChI is InChI=1S/C14H24N2O2S2/c1-3-5-10-16(4-2)20(17,18)12-11-19-14-8-6-13(15)7-9-14/h6-9H,3-5,10-12,15H2,1-2H3. The summed E-state index contributed by atoms with van der Waals surface area (Å²) >= 11 is 1.55. The molecule has 20 heavy (non-hydrogen) atoms. The van der Waals surface area contributed by atoms with E-state index in [2.05, 4.69) is 6.92 Å². The van der Waals surface area contributed by atoms with Crippen LogP contribution in [-0.4, -0.2) is 37.3 Å². The van der Waals surface area contributed by atoms with Crippen LogP contribution in [0.2, 0.25) is 0 Å². The Bertz CT molecular complexity index is 486. The van der Waals surface area contributed by atoms with Crippen LogP contribution in [0.15, 0.2) is 29.2 Å². The second-order valence-electron chi connectivity index (χ2n) is 4.58. The van der Waals surface area contributed by atoms with Crippen LogP contribution >= 0.6 is 11.8 Å². The number of hydrogen-bond donors (Lipinski definition) is 1. The van der Waals surface area contributed by atoms with Crippen LogP contribution in [0.25, 0.3) is 0 Å². The molecule has 114 valence electrons. The van der Waals surface area contributed by atoms with Gasteiger partial charge in [-0.2, -0.15) is 0 Å². The van der Waals surface area contributed by atoms with E-state index in [1.165, 1.54) is 0 Å². The van der Waals surface area contributed by atoms with E-state index in [0.29, 0.717) is 18.8 Å². The fourth-order valence-corrected chi connectivity index (χ4v) is 4.59. The average Bonchev–Trinajstić information content (AvgIpc) is 2.41. The molecule has 0 saturated heterocycles. The topological polar surface area (TPSA) is 63.4 Å². The van der Waals surface area contributed by atoms with Crippen molar-refractivity contribution >= 4 is 27.5 Å². The van der Waals surface area contributed by atoms with E-state index in [1.54, 1.807) is 16.1 Å². The number of unbranched alkanes of at least 4 members (excludes halogenated alkanes) is 1. The molecule has 0 saturated carbocycles. The first-order valence-corrected chi connectivity index (χ1v) is 9.55. The van der Waals surface area contributed by atoms with Gasteiger partial charge >= 0.3 is 0 Å². The lowest BCUT2D eigenvalue weighted by molar-refractivity contribution is 0.420. The van der Waals surface area contributed by atoms with Crippen molar-refractivity contribution in [1.29, 1.82) is 0 Å². The molecule has 0 aliphatic heterocycles. The van der Waals surface area contributed by atoms with Crippen LogP contribution in [0.1, 0.15) is 26.7 Å². The van der Waals surface area contributed by atoms with Crippen LogP contribution < -0.4 is 5.73 Å². The summed E-state index contributed by atoms with van der Waals surface area (Å²) in [6.07, 6.45) is 1.92. The van der Waals surface area contributed by atoms with E-state index in [0.717, 1.165) is 23.4 Å². The fourth-order valence-electron chi connectivity index (χ4n) is 1.79. The van der Waals surface area contributed by atoms with Crippen LogP contribution in [0.5, 0.6) is 0 Å². The van der Waals surface area contributed by atoms with Crippen molar-refractivity contribution in [2.24, 2.45) is 0 Å². The number of nitrogens with two attached hydrogens (primary N) is 1.